The number of ether oxygens (including phenoxy) is 1. The molecule has 4 amide bonds. The molecule has 49 heavy (non-hydrogen) atoms. The van der Waals surface area contributed by atoms with Gasteiger partial charge in [-0.3, -0.25) is 9.59 Å². The van der Waals surface area contributed by atoms with Crippen LogP contribution >= 0.6 is 24.0 Å². The summed E-state index contributed by atoms with van der Waals surface area (Å²) >= 11 is 0. The summed E-state index contributed by atoms with van der Waals surface area (Å²) in [5.74, 6) is -1.09. The number of carbonyl (C=O) groups excluding carboxylic acids is 3. The van der Waals surface area contributed by atoms with E-state index in [-0.39, 0.29) is 101 Å². The van der Waals surface area contributed by atoms with Gasteiger partial charge in [-0.1, -0.05) is 92.6 Å². The molecule has 0 bridgehead atoms. The first-order valence-corrected chi connectivity index (χ1v) is 16.5. The average Bonchev–Trinajstić information content (AvgIpc) is 2.95. The zero-order valence-corrected chi connectivity index (χ0v) is 31.9. The molecule has 0 radical (unpaired) electrons. The number of hydrogen-bond acceptors (Lipinski definition) is 6. The maximum atomic E-state index is 11.8. The summed E-state index contributed by atoms with van der Waals surface area (Å²) in [5, 5.41) is 19.7. The monoisotopic (exact) mass is 813 g/mol. The number of aliphatic carboxylic acids is 1. The van der Waals surface area contributed by atoms with Crippen LogP contribution < -0.4 is 27.0 Å². The number of rotatable bonds is 18. The van der Waals surface area contributed by atoms with Crippen LogP contribution in [0.2, 0.25) is 0 Å². The van der Waals surface area contributed by atoms with Gasteiger partial charge in [0, 0.05) is 43.1 Å². The van der Waals surface area contributed by atoms with E-state index in [2.05, 4.69) is 42.0 Å². The van der Waals surface area contributed by atoms with Gasteiger partial charge in [0.15, 0.2) is 0 Å². The fourth-order valence-electron chi connectivity index (χ4n) is 4.07. The van der Waals surface area contributed by atoms with E-state index in [9.17, 15) is 19.2 Å². The Kier molecular flexibility index (Phi) is 45.7. The Morgan fingerprint density at radius 2 is 1.02 bits per heavy atom. The minimum absolute atomic E-state index is 0. The number of amides is 4. The molecule has 12 heteroatoms. The Balaban J connectivity index is -0.000000156. The number of nitrogens with two attached hydrogens (primary N) is 1. The molecule has 292 valence electrons. The van der Waals surface area contributed by atoms with Gasteiger partial charge < -0.3 is 36.8 Å². The van der Waals surface area contributed by atoms with Crippen molar-refractivity contribution < 1.29 is 29.0 Å². The molecule has 0 heterocycles. The van der Waals surface area contributed by atoms with Crippen LogP contribution in [-0.2, 0) is 20.9 Å². The molecule has 7 N–H and O–H groups in total. The molecule has 0 spiro atoms. The van der Waals surface area contributed by atoms with Crippen molar-refractivity contribution in [2.45, 2.75) is 179 Å². The minimum atomic E-state index is -0.839. The summed E-state index contributed by atoms with van der Waals surface area (Å²) in [7, 11) is 0. The first-order valence-electron chi connectivity index (χ1n) is 16.5. The molecule has 1 aromatic carbocycles. The predicted octanol–water partition coefficient (Wildman–Crippen LogP) is 8.77. The van der Waals surface area contributed by atoms with Crippen molar-refractivity contribution in [1.82, 2.24) is 21.3 Å². The van der Waals surface area contributed by atoms with Crippen molar-refractivity contribution in [2.75, 3.05) is 0 Å². The first kappa shape index (κ1) is 58.6. The van der Waals surface area contributed by atoms with Crippen molar-refractivity contribution >= 4 is 48.0 Å². The molecule has 1 rings (SSSR count). The van der Waals surface area contributed by atoms with Crippen LogP contribution in [0.1, 0.15) is 147 Å². The standard InChI is InChI=1S/C18H28N2O3.C11H22N2O3.C5H13N.3CH4.HI/c1-4-8-14(2)19-18(22)20-15(3)11-12-17(21)23-13-16-9-6-5-7-10-16;1-4-5-8(2)12-11(16)13-9(3)6-7-10(14)15;1-3-4-5(2)6;;;;/h5-7,9-10,14-15H,4,8,11-13H2,1-3H3,(H2,19,20,22);8-9H,4-7H2,1-3H3,(H,14,15)(H2,12,13,16);5H,3-4,6H2,1-2H3;3*1H4;1H/t14-,15-;8-,9-;5-;;;;/m111..../s1. The van der Waals surface area contributed by atoms with E-state index in [1.54, 1.807) is 6.92 Å². The smallest absolute Gasteiger partial charge is 0.315 e. The fraction of sp³-hybridized carbons (Fsp3) is 0.730. The predicted molar refractivity (Wildman–Crippen MR) is 218 cm³/mol. The molecule has 0 unspecified atom stereocenters. The Hall–Kier alpha value is -2.61. The second-order valence-corrected chi connectivity index (χ2v) is 11.8. The van der Waals surface area contributed by atoms with Crippen molar-refractivity contribution in [3.63, 3.8) is 0 Å². The van der Waals surface area contributed by atoms with Crippen LogP contribution in [0.15, 0.2) is 30.3 Å². The molecular weight excluding hydrogens is 737 g/mol. The van der Waals surface area contributed by atoms with E-state index in [4.69, 9.17) is 15.6 Å². The second kappa shape index (κ2) is 38.2. The van der Waals surface area contributed by atoms with Gasteiger partial charge in [-0.25, -0.2) is 9.59 Å². The second-order valence-electron chi connectivity index (χ2n) is 11.8. The van der Waals surface area contributed by atoms with Gasteiger partial charge in [0.2, 0.25) is 0 Å². The van der Waals surface area contributed by atoms with Gasteiger partial charge in [-0.15, -0.1) is 24.0 Å². The van der Waals surface area contributed by atoms with Crippen LogP contribution in [0.3, 0.4) is 0 Å². The van der Waals surface area contributed by atoms with Crippen molar-refractivity contribution in [3.8, 4) is 0 Å². The third-order valence-electron chi connectivity index (χ3n) is 6.51. The largest absolute Gasteiger partial charge is 0.481 e. The number of nitrogens with one attached hydrogen (secondary N) is 4. The quantitative estimate of drug-likeness (QED) is 0.0635. The lowest BCUT2D eigenvalue weighted by Crippen LogP contribution is -2.44. The highest BCUT2D eigenvalue weighted by Gasteiger charge is 2.13. The molecule has 0 saturated heterocycles. The molecule has 0 aliphatic rings. The molecular formula is C37H76IN5O6. The molecule has 0 aliphatic heterocycles. The lowest BCUT2D eigenvalue weighted by molar-refractivity contribution is -0.145. The third-order valence-corrected chi connectivity index (χ3v) is 6.51. The van der Waals surface area contributed by atoms with Crippen LogP contribution in [0.4, 0.5) is 9.59 Å². The zero-order chi connectivity index (χ0) is 34.6. The van der Waals surface area contributed by atoms with Gasteiger partial charge in [0.05, 0.1) is 0 Å². The number of esters is 1. The Bertz CT molecular complexity index is 924. The summed E-state index contributed by atoms with van der Waals surface area (Å²) in [5.41, 5.74) is 6.37. The number of benzene rings is 1. The van der Waals surface area contributed by atoms with Crippen LogP contribution in [0.25, 0.3) is 0 Å². The van der Waals surface area contributed by atoms with Gasteiger partial charge in [0.1, 0.15) is 6.61 Å². The van der Waals surface area contributed by atoms with Crippen LogP contribution in [-0.4, -0.2) is 59.3 Å². The fourth-order valence-corrected chi connectivity index (χ4v) is 4.07. The summed E-state index contributed by atoms with van der Waals surface area (Å²) in [6, 6.07) is 9.67. The summed E-state index contributed by atoms with van der Waals surface area (Å²) in [4.78, 5) is 45.2. The SMILES string of the molecule is C.C.C.CCC[C@@H](C)N.CCC[C@@H](C)NC(=O)N[C@H](C)CCC(=O)O.CCC[C@@H](C)NC(=O)N[C@H](C)CCC(=O)OCc1ccccc1.I. The molecule has 0 aromatic heterocycles. The summed E-state index contributed by atoms with van der Waals surface area (Å²) < 4.78 is 5.21. The molecule has 11 nitrogen and oxygen atoms in total. The van der Waals surface area contributed by atoms with E-state index in [1.807, 2.05) is 58.0 Å². The minimum Gasteiger partial charge on any atom is -0.481 e. The van der Waals surface area contributed by atoms with Gasteiger partial charge in [-0.2, -0.15) is 0 Å². The summed E-state index contributed by atoms with van der Waals surface area (Å²) in [6.07, 6.45) is 7.68. The number of halogens is 1. The number of carboxylic acids is 1. The number of carbonyl (C=O) groups is 4. The van der Waals surface area contributed by atoms with E-state index < -0.39 is 5.97 Å². The van der Waals surface area contributed by atoms with Crippen molar-refractivity contribution in [3.05, 3.63) is 35.9 Å². The Morgan fingerprint density at radius 3 is 1.35 bits per heavy atom. The highest BCUT2D eigenvalue weighted by atomic mass is 127. The summed E-state index contributed by atoms with van der Waals surface area (Å²) in [6.45, 7) is 16.2. The third kappa shape index (κ3) is 41.5. The highest BCUT2D eigenvalue weighted by molar-refractivity contribution is 14.0. The van der Waals surface area contributed by atoms with Crippen molar-refractivity contribution in [1.29, 1.82) is 0 Å². The number of hydrogen-bond donors (Lipinski definition) is 6. The molecule has 5 atom stereocenters. The molecule has 1 aromatic rings. The maximum absolute atomic E-state index is 11.8. The van der Waals surface area contributed by atoms with Gasteiger partial charge in [-0.05, 0) is 72.3 Å². The van der Waals surface area contributed by atoms with E-state index in [0.29, 0.717) is 25.3 Å². The maximum Gasteiger partial charge on any atom is 0.315 e. The Morgan fingerprint density at radius 1 is 0.653 bits per heavy atom. The highest BCUT2D eigenvalue weighted by Crippen LogP contribution is 2.05. The number of carboxylic acid groups (broad SMARTS) is 1. The zero-order valence-electron chi connectivity index (χ0n) is 29.5. The van der Waals surface area contributed by atoms with E-state index in [0.717, 1.165) is 37.7 Å². The van der Waals surface area contributed by atoms with Gasteiger partial charge >= 0.3 is 24.0 Å². The van der Waals surface area contributed by atoms with Crippen LogP contribution in [0.5, 0.6) is 0 Å². The normalized spacial score (nSPS) is 12.4. The van der Waals surface area contributed by atoms with Crippen LogP contribution in [0, 0.1) is 0 Å². The Labute approximate surface area is 317 Å². The lowest BCUT2D eigenvalue weighted by atomic mass is 10.2. The number of urea groups is 2. The van der Waals surface area contributed by atoms with Crippen molar-refractivity contribution in [2.24, 2.45) is 5.73 Å². The molecule has 0 fully saturated rings. The first-order chi connectivity index (χ1) is 21.2. The van der Waals surface area contributed by atoms with E-state index >= 15 is 0 Å². The van der Waals surface area contributed by atoms with Gasteiger partial charge in [0.25, 0.3) is 0 Å². The average molecular weight is 814 g/mol. The molecule has 0 aliphatic carbocycles. The molecule has 0 saturated carbocycles. The van der Waals surface area contributed by atoms with E-state index in [1.165, 1.54) is 6.42 Å². The topological polar surface area (TPSA) is 172 Å². The lowest BCUT2D eigenvalue weighted by Gasteiger charge is -2.17.